The standard InChI is InChI=1S/C20H36O2Si2/c1-7-23(8-2,9-3)15-13-19(17-21)20(18-22)14-16-24(10-4,11-5)12-6/h21-22H,7-12,17-18H2,1-6H3/b20-19+. The van der Waals surface area contributed by atoms with Gasteiger partial charge in [-0.25, -0.2) is 0 Å². The van der Waals surface area contributed by atoms with Crippen molar-refractivity contribution in [2.24, 2.45) is 0 Å². The van der Waals surface area contributed by atoms with Gasteiger partial charge in [-0.2, -0.15) is 0 Å². The summed E-state index contributed by atoms with van der Waals surface area (Å²) in [5.41, 5.74) is 8.21. The molecule has 0 saturated heterocycles. The average molecular weight is 365 g/mol. The summed E-state index contributed by atoms with van der Waals surface area (Å²) in [6.07, 6.45) is 0. The van der Waals surface area contributed by atoms with Crippen molar-refractivity contribution in [3.63, 3.8) is 0 Å². The van der Waals surface area contributed by atoms with E-state index in [9.17, 15) is 10.2 Å². The van der Waals surface area contributed by atoms with Crippen LogP contribution < -0.4 is 0 Å². The molecule has 2 N–H and O–H groups in total. The Balaban J connectivity index is 5.88. The molecule has 0 amide bonds. The zero-order valence-electron chi connectivity index (χ0n) is 16.6. The summed E-state index contributed by atoms with van der Waals surface area (Å²) >= 11 is 0. The maximum absolute atomic E-state index is 9.73. The Labute approximate surface area is 151 Å². The van der Waals surface area contributed by atoms with Gasteiger partial charge in [0.25, 0.3) is 0 Å². The van der Waals surface area contributed by atoms with Gasteiger partial charge in [-0.1, -0.05) is 53.4 Å². The fraction of sp³-hybridized carbons (Fsp3) is 0.700. The van der Waals surface area contributed by atoms with Crippen molar-refractivity contribution in [2.75, 3.05) is 13.2 Å². The first kappa shape index (κ1) is 23.2. The Morgan fingerprint density at radius 3 is 1.00 bits per heavy atom. The van der Waals surface area contributed by atoms with E-state index in [4.69, 9.17) is 0 Å². The lowest BCUT2D eigenvalue weighted by Crippen LogP contribution is -2.29. The van der Waals surface area contributed by atoms with E-state index in [1.54, 1.807) is 0 Å². The minimum atomic E-state index is -1.56. The highest BCUT2D eigenvalue weighted by Crippen LogP contribution is 2.20. The Kier molecular flexibility index (Phi) is 11.3. The average Bonchev–Trinajstić information content (AvgIpc) is 2.65. The van der Waals surface area contributed by atoms with Crippen molar-refractivity contribution in [1.29, 1.82) is 0 Å². The third-order valence-corrected chi connectivity index (χ3v) is 15.1. The molecule has 0 aromatic carbocycles. The van der Waals surface area contributed by atoms with Crippen LogP contribution >= 0.6 is 0 Å². The molecule has 0 aromatic heterocycles. The van der Waals surface area contributed by atoms with E-state index in [1.165, 1.54) is 0 Å². The normalized spacial score (nSPS) is 12.7. The number of hydrogen-bond donors (Lipinski definition) is 2. The molecule has 0 rings (SSSR count). The van der Waals surface area contributed by atoms with Crippen LogP contribution in [-0.4, -0.2) is 39.6 Å². The zero-order chi connectivity index (χ0) is 18.6. The fourth-order valence-electron chi connectivity index (χ4n) is 2.87. The number of hydrogen-bond acceptors (Lipinski definition) is 2. The van der Waals surface area contributed by atoms with Gasteiger partial charge in [0.05, 0.1) is 13.2 Å². The lowest BCUT2D eigenvalue weighted by molar-refractivity contribution is 0.319. The third kappa shape index (κ3) is 6.26. The van der Waals surface area contributed by atoms with E-state index in [1.807, 2.05) is 0 Å². The summed E-state index contributed by atoms with van der Waals surface area (Å²) in [6.45, 7) is 13.0. The van der Waals surface area contributed by atoms with E-state index >= 15 is 0 Å². The largest absolute Gasteiger partial charge is 0.391 e. The van der Waals surface area contributed by atoms with Crippen molar-refractivity contribution < 1.29 is 10.2 Å². The van der Waals surface area contributed by atoms with Crippen molar-refractivity contribution >= 4 is 16.1 Å². The van der Waals surface area contributed by atoms with Crippen molar-refractivity contribution in [2.45, 2.75) is 77.8 Å². The summed E-state index contributed by atoms with van der Waals surface area (Å²) in [7, 11) is -3.13. The minimum absolute atomic E-state index is 0.141. The molecule has 0 radical (unpaired) electrons. The molecule has 136 valence electrons. The monoisotopic (exact) mass is 364 g/mol. The van der Waals surface area contributed by atoms with Crippen LogP contribution in [-0.2, 0) is 0 Å². The van der Waals surface area contributed by atoms with Crippen LogP contribution in [0.5, 0.6) is 0 Å². The number of aliphatic hydroxyl groups is 2. The Hall–Kier alpha value is -0.786. The lowest BCUT2D eigenvalue weighted by atomic mass is 10.1. The predicted octanol–water partition coefficient (Wildman–Crippen LogP) is 4.37. The first-order valence-electron chi connectivity index (χ1n) is 9.45. The molecule has 0 aromatic rings. The molecule has 4 heteroatoms. The van der Waals surface area contributed by atoms with Crippen molar-refractivity contribution in [1.82, 2.24) is 0 Å². The number of aliphatic hydroxyl groups excluding tert-OH is 2. The molecule has 0 aliphatic rings. The van der Waals surface area contributed by atoms with Gasteiger partial charge in [-0.15, -0.1) is 11.1 Å². The highest BCUT2D eigenvalue weighted by atomic mass is 28.3. The Bertz CT molecular complexity index is 457. The van der Waals surface area contributed by atoms with E-state index in [0.29, 0.717) is 11.1 Å². The molecular weight excluding hydrogens is 328 g/mol. The fourth-order valence-corrected chi connectivity index (χ4v) is 7.76. The second-order valence-electron chi connectivity index (χ2n) is 6.46. The van der Waals surface area contributed by atoms with E-state index in [-0.39, 0.29) is 13.2 Å². The zero-order valence-corrected chi connectivity index (χ0v) is 18.6. The van der Waals surface area contributed by atoms with Crippen molar-refractivity contribution in [3.8, 4) is 22.9 Å². The maximum Gasteiger partial charge on any atom is 0.138 e. The van der Waals surface area contributed by atoms with Gasteiger partial charge < -0.3 is 10.2 Å². The van der Waals surface area contributed by atoms with Crippen molar-refractivity contribution in [3.05, 3.63) is 11.1 Å². The molecule has 0 aliphatic heterocycles. The van der Waals surface area contributed by atoms with Gasteiger partial charge >= 0.3 is 0 Å². The third-order valence-electron chi connectivity index (χ3n) is 5.70. The highest BCUT2D eigenvalue weighted by Gasteiger charge is 2.25. The summed E-state index contributed by atoms with van der Waals surface area (Å²) < 4.78 is 0. The predicted molar refractivity (Wildman–Crippen MR) is 111 cm³/mol. The quantitative estimate of drug-likeness (QED) is 0.496. The van der Waals surface area contributed by atoms with Gasteiger partial charge in [0.2, 0.25) is 0 Å². The molecule has 0 fully saturated rings. The summed E-state index contributed by atoms with van der Waals surface area (Å²) in [6, 6.07) is 6.77. The van der Waals surface area contributed by atoms with E-state index < -0.39 is 16.1 Å². The lowest BCUT2D eigenvalue weighted by Gasteiger charge is -2.20. The van der Waals surface area contributed by atoms with Gasteiger partial charge in [0, 0.05) is 11.1 Å². The molecule has 24 heavy (non-hydrogen) atoms. The van der Waals surface area contributed by atoms with Gasteiger partial charge in [-0.3, -0.25) is 0 Å². The minimum Gasteiger partial charge on any atom is -0.391 e. The second kappa shape index (κ2) is 11.7. The Morgan fingerprint density at radius 2 is 0.833 bits per heavy atom. The summed E-state index contributed by atoms with van der Waals surface area (Å²) in [5.74, 6) is 6.40. The number of rotatable bonds is 8. The SMILES string of the molecule is CC[Si](C#C/C(CO)=C(/C#C[Si](CC)(CC)CC)CO)(CC)CC. The van der Waals surface area contributed by atoms with Gasteiger partial charge in [0.1, 0.15) is 16.1 Å². The van der Waals surface area contributed by atoms with Crippen LogP contribution in [0.15, 0.2) is 11.1 Å². The molecule has 0 aliphatic carbocycles. The van der Waals surface area contributed by atoms with Crippen LogP contribution in [0, 0.1) is 22.9 Å². The summed E-state index contributed by atoms with van der Waals surface area (Å²) in [5, 5.41) is 19.5. The molecule has 0 spiro atoms. The molecule has 0 saturated carbocycles. The Morgan fingerprint density at radius 1 is 0.583 bits per heavy atom. The first-order valence-corrected chi connectivity index (χ1v) is 14.7. The molecule has 0 heterocycles. The molecule has 0 bridgehead atoms. The maximum atomic E-state index is 9.73. The van der Waals surface area contributed by atoms with Crippen LogP contribution in [0.25, 0.3) is 0 Å². The molecular formula is C20H36O2Si2. The topological polar surface area (TPSA) is 40.5 Å². The van der Waals surface area contributed by atoms with Gasteiger partial charge in [0.15, 0.2) is 0 Å². The van der Waals surface area contributed by atoms with Crippen LogP contribution in [0.3, 0.4) is 0 Å². The molecule has 2 nitrogen and oxygen atoms in total. The van der Waals surface area contributed by atoms with Crippen LogP contribution in [0.4, 0.5) is 0 Å². The first-order chi connectivity index (χ1) is 11.5. The second-order valence-corrected chi connectivity index (χ2v) is 16.3. The highest BCUT2D eigenvalue weighted by molar-refractivity contribution is 6.87. The van der Waals surface area contributed by atoms with Gasteiger partial charge in [-0.05, 0) is 36.3 Å². The smallest absolute Gasteiger partial charge is 0.138 e. The van der Waals surface area contributed by atoms with Crippen LogP contribution in [0.2, 0.25) is 36.3 Å². The van der Waals surface area contributed by atoms with E-state index in [2.05, 4.69) is 64.5 Å². The van der Waals surface area contributed by atoms with Crippen LogP contribution in [0.1, 0.15) is 41.5 Å². The summed E-state index contributed by atoms with van der Waals surface area (Å²) in [4.78, 5) is 0. The molecule has 0 unspecified atom stereocenters. The molecule has 0 atom stereocenters. The van der Waals surface area contributed by atoms with E-state index in [0.717, 1.165) is 36.3 Å².